The topological polar surface area (TPSA) is 52.9 Å². The van der Waals surface area contributed by atoms with Gasteiger partial charge in [-0.25, -0.2) is 0 Å². The van der Waals surface area contributed by atoms with Crippen LogP contribution in [0.5, 0.6) is 0 Å². The third kappa shape index (κ3) is 1.61. The lowest BCUT2D eigenvalue weighted by Gasteiger charge is -2.30. The van der Waals surface area contributed by atoms with Gasteiger partial charge in [0.15, 0.2) is 0 Å². The van der Waals surface area contributed by atoms with Crippen molar-refractivity contribution in [2.24, 2.45) is 5.16 Å². The first-order valence-electron chi connectivity index (χ1n) is 5.35. The lowest BCUT2D eigenvalue weighted by molar-refractivity contribution is -0.125. The molecule has 2 aliphatic rings. The Labute approximate surface area is 83.6 Å². The predicted molar refractivity (Wildman–Crippen MR) is 52.4 cm³/mol. The average Bonchev–Trinajstić information content (AvgIpc) is 2.61. The maximum Gasteiger partial charge on any atom is 0.271 e. The minimum absolute atomic E-state index is 0.0561. The van der Waals surface area contributed by atoms with E-state index in [4.69, 9.17) is 5.21 Å². The number of carbonyl (C=O) groups is 1. The predicted octanol–water partition coefficient (Wildman–Crippen LogP) is 1.38. The van der Waals surface area contributed by atoms with Crippen molar-refractivity contribution >= 4 is 11.6 Å². The first kappa shape index (κ1) is 9.49. The molecule has 0 spiro atoms. The molecule has 1 N–H and O–H groups in total. The van der Waals surface area contributed by atoms with Crippen molar-refractivity contribution in [1.82, 2.24) is 4.90 Å². The minimum atomic E-state index is -0.0561. The number of oxime groups is 1. The van der Waals surface area contributed by atoms with Crippen molar-refractivity contribution in [3.05, 3.63) is 0 Å². The molecule has 0 bridgehead atoms. The van der Waals surface area contributed by atoms with Gasteiger partial charge in [-0.15, -0.1) is 0 Å². The zero-order valence-electron chi connectivity index (χ0n) is 8.28. The Morgan fingerprint density at radius 2 is 2.00 bits per heavy atom. The van der Waals surface area contributed by atoms with E-state index in [1.807, 2.05) is 4.90 Å². The van der Waals surface area contributed by atoms with Crippen LogP contribution in [-0.4, -0.2) is 34.3 Å². The molecule has 0 aromatic carbocycles. The van der Waals surface area contributed by atoms with Crippen LogP contribution >= 0.6 is 0 Å². The lowest BCUT2D eigenvalue weighted by atomic mass is 9.94. The van der Waals surface area contributed by atoms with E-state index in [-0.39, 0.29) is 5.91 Å². The van der Waals surface area contributed by atoms with E-state index in [2.05, 4.69) is 5.16 Å². The number of hydrogen-bond donors (Lipinski definition) is 1. The first-order chi connectivity index (χ1) is 6.83. The Morgan fingerprint density at radius 1 is 1.29 bits per heavy atom. The van der Waals surface area contributed by atoms with E-state index < -0.39 is 0 Å². The second kappa shape index (κ2) is 3.98. The van der Waals surface area contributed by atoms with Crippen molar-refractivity contribution in [3.8, 4) is 0 Å². The molecule has 0 radical (unpaired) electrons. The maximum absolute atomic E-state index is 11.7. The minimum Gasteiger partial charge on any atom is -0.410 e. The van der Waals surface area contributed by atoms with Crippen LogP contribution in [0.25, 0.3) is 0 Å². The highest BCUT2D eigenvalue weighted by Crippen LogP contribution is 2.25. The van der Waals surface area contributed by atoms with Gasteiger partial charge in [0, 0.05) is 19.0 Å². The second-order valence-electron chi connectivity index (χ2n) is 4.09. The third-order valence-corrected chi connectivity index (χ3v) is 3.23. The summed E-state index contributed by atoms with van der Waals surface area (Å²) in [6, 6.07) is 0.399. The van der Waals surface area contributed by atoms with Crippen molar-refractivity contribution < 1.29 is 10.0 Å². The van der Waals surface area contributed by atoms with Gasteiger partial charge in [0.05, 0.1) is 0 Å². The molecule has 4 heteroatoms. The molecule has 1 heterocycles. The zero-order valence-corrected chi connectivity index (χ0v) is 8.28. The van der Waals surface area contributed by atoms with Crippen LogP contribution in [0.3, 0.4) is 0 Å². The van der Waals surface area contributed by atoms with Gasteiger partial charge < -0.3 is 10.1 Å². The van der Waals surface area contributed by atoms with Crippen LogP contribution in [0.1, 0.15) is 38.5 Å². The number of rotatable bonds is 1. The van der Waals surface area contributed by atoms with Crippen molar-refractivity contribution in [1.29, 1.82) is 0 Å². The Kier molecular flexibility index (Phi) is 2.70. The summed E-state index contributed by atoms with van der Waals surface area (Å²) in [6.45, 7) is 0.739. The molecular weight excluding hydrogens is 180 g/mol. The number of carbonyl (C=O) groups excluding carboxylic acids is 1. The summed E-state index contributed by atoms with van der Waals surface area (Å²) in [4.78, 5) is 13.6. The van der Waals surface area contributed by atoms with Gasteiger partial charge in [0.25, 0.3) is 5.91 Å². The number of hydrogen-bond acceptors (Lipinski definition) is 3. The van der Waals surface area contributed by atoms with Gasteiger partial charge in [-0.3, -0.25) is 4.79 Å². The Balaban J connectivity index is 2.01. The van der Waals surface area contributed by atoms with Gasteiger partial charge >= 0.3 is 0 Å². The molecule has 14 heavy (non-hydrogen) atoms. The molecule has 0 aromatic heterocycles. The largest absolute Gasteiger partial charge is 0.410 e. The van der Waals surface area contributed by atoms with E-state index in [0.717, 1.165) is 19.4 Å². The monoisotopic (exact) mass is 196 g/mol. The number of likely N-dealkylation sites (tertiary alicyclic amines) is 1. The molecule has 0 aromatic rings. The Bertz CT molecular complexity index is 257. The number of amides is 1. The van der Waals surface area contributed by atoms with Crippen LogP contribution < -0.4 is 0 Å². The lowest BCUT2D eigenvalue weighted by Crippen LogP contribution is -2.38. The Hall–Kier alpha value is -1.06. The molecule has 1 saturated heterocycles. The van der Waals surface area contributed by atoms with Crippen LogP contribution in [0.4, 0.5) is 0 Å². The van der Waals surface area contributed by atoms with E-state index in [0.29, 0.717) is 18.2 Å². The van der Waals surface area contributed by atoms with E-state index in [1.165, 1.54) is 19.3 Å². The summed E-state index contributed by atoms with van der Waals surface area (Å²) >= 11 is 0. The van der Waals surface area contributed by atoms with Crippen molar-refractivity contribution in [2.75, 3.05) is 6.54 Å². The highest BCUT2D eigenvalue weighted by Gasteiger charge is 2.33. The summed E-state index contributed by atoms with van der Waals surface area (Å²) in [5, 5.41) is 11.6. The fourth-order valence-corrected chi connectivity index (χ4v) is 2.43. The van der Waals surface area contributed by atoms with E-state index in [9.17, 15) is 4.79 Å². The van der Waals surface area contributed by atoms with Crippen LogP contribution in [0.2, 0.25) is 0 Å². The summed E-state index contributed by atoms with van der Waals surface area (Å²) < 4.78 is 0. The molecule has 4 nitrogen and oxygen atoms in total. The average molecular weight is 196 g/mol. The van der Waals surface area contributed by atoms with Crippen LogP contribution in [0.15, 0.2) is 5.16 Å². The highest BCUT2D eigenvalue weighted by molar-refractivity contribution is 6.40. The van der Waals surface area contributed by atoms with Crippen LogP contribution in [0, 0.1) is 0 Å². The smallest absolute Gasteiger partial charge is 0.271 e. The van der Waals surface area contributed by atoms with E-state index in [1.54, 1.807) is 0 Å². The number of nitrogens with zero attached hydrogens (tertiary/aromatic N) is 2. The summed E-state index contributed by atoms with van der Waals surface area (Å²) in [5.74, 6) is -0.0561. The summed E-state index contributed by atoms with van der Waals surface area (Å²) in [7, 11) is 0. The molecule has 1 saturated carbocycles. The molecule has 2 fully saturated rings. The van der Waals surface area contributed by atoms with Gasteiger partial charge in [-0.1, -0.05) is 24.4 Å². The quantitative estimate of drug-likeness (QED) is 0.509. The molecule has 1 aliphatic heterocycles. The van der Waals surface area contributed by atoms with Gasteiger partial charge in [-0.05, 0) is 12.8 Å². The first-order valence-corrected chi connectivity index (χ1v) is 5.35. The SMILES string of the molecule is O=C1/C(=N\O)CCN1C1CCCCC1. The van der Waals surface area contributed by atoms with Crippen molar-refractivity contribution in [2.45, 2.75) is 44.6 Å². The fraction of sp³-hybridized carbons (Fsp3) is 0.800. The molecule has 0 atom stereocenters. The molecule has 1 aliphatic carbocycles. The molecule has 2 rings (SSSR count). The molecule has 78 valence electrons. The van der Waals surface area contributed by atoms with Crippen molar-refractivity contribution in [3.63, 3.8) is 0 Å². The standard InChI is InChI=1S/C10H16N2O2/c13-10-9(11-14)6-7-12(10)8-4-2-1-3-5-8/h8,14H,1-7H2/b11-9-. The summed E-state index contributed by atoms with van der Waals surface area (Å²) in [5.41, 5.74) is 0.329. The highest BCUT2D eigenvalue weighted by atomic mass is 16.4. The molecule has 1 amide bonds. The normalized spacial score (nSPS) is 27.6. The van der Waals surface area contributed by atoms with Gasteiger partial charge in [0.2, 0.25) is 0 Å². The van der Waals surface area contributed by atoms with Gasteiger partial charge in [-0.2, -0.15) is 0 Å². The van der Waals surface area contributed by atoms with Gasteiger partial charge in [0.1, 0.15) is 5.71 Å². The third-order valence-electron chi connectivity index (χ3n) is 3.23. The molecular formula is C10H16N2O2. The maximum atomic E-state index is 11.7. The zero-order chi connectivity index (χ0) is 9.97. The van der Waals surface area contributed by atoms with Crippen LogP contribution in [-0.2, 0) is 4.79 Å². The second-order valence-corrected chi connectivity index (χ2v) is 4.09. The summed E-state index contributed by atoms with van der Waals surface area (Å²) in [6.07, 6.45) is 6.57. The Morgan fingerprint density at radius 3 is 2.57 bits per heavy atom. The molecule has 0 unspecified atom stereocenters. The van der Waals surface area contributed by atoms with E-state index >= 15 is 0 Å². The fourth-order valence-electron chi connectivity index (χ4n) is 2.43.